The van der Waals surface area contributed by atoms with Crippen molar-refractivity contribution in [2.24, 2.45) is 0 Å². The number of pyridine rings is 1. The van der Waals surface area contributed by atoms with Gasteiger partial charge in [0.1, 0.15) is 11.6 Å². The van der Waals surface area contributed by atoms with Crippen molar-refractivity contribution in [3.8, 4) is 0 Å². The van der Waals surface area contributed by atoms with Gasteiger partial charge in [0.2, 0.25) is 0 Å². The van der Waals surface area contributed by atoms with Crippen LogP contribution in [0.5, 0.6) is 0 Å². The molecule has 0 unspecified atom stereocenters. The van der Waals surface area contributed by atoms with Crippen molar-refractivity contribution in [2.45, 2.75) is 26.3 Å². The lowest BCUT2D eigenvalue weighted by Gasteiger charge is -2.20. The predicted molar refractivity (Wildman–Crippen MR) is 89.5 cm³/mol. The summed E-state index contributed by atoms with van der Waals surface area (Å²) < 4.78 is 5.30. The molecule has 2 aromatic heterocycles. The normalized spacial score (nSPS) is 14.0. The van der Waals surface area contributed by atoms with E-state index in [1.165, 1.54) is 12.8 Å². The molecule has 0 aromatic carbocycles. The number of carbonyl (C=O) groups excluding carboxylic acids is 1. The molecule has 1 aliphatic rings. The molecule has 0 spiro atoms. The Labute approximate surface area is 136 Å². The molecule has 0 aliphatic carbocycles. The molecular weight excluding hydrogens is 292 g/mol. The Morgan fingerprint density at radius 3 is 2.78 bits per heavy atom. The fraction of sp³-hybridized carbons (Fsp3) is 0.412. The SMILES string of the molecule is CCN(Cc1ccco1)C(=O)Nc1ccc(N2CCCC2)nc1. The number of hydrogen-bond donors (Lipinski definition) is 1. The van der Waals surface area contributed by atoms with E-state index < -0.39 is 0 Å². The summed E-state index contributed by atoms with van der Waals surface area (Å²) in [5, 5.41) is 2.89. The molecule has 2 amide bonds. The minimum Gasteiger partial charge on any atom is -0.467 e. The average molecular weight is 314 g/mol. The van der Waals surface area contributed by atoms with Gasteiger partial charge in [0.05, 0.1) is 24.7 Å². The number of urea groups is 1. The molecule has 0 bridgehead atoms. The van der Waals surface area contributed by atoms with E-state index >= 15 is 0 Å². The third kappa shape index (κ3) is 3.83. The molecule has 122 valence electrons. The molecule has 1 N–H and O–H groups in total. The molecule has 3 heterocycles. The first-order valence-corrected chi connectivity index (χ1v) is 8.05. The molecule has 0 radical (unpaired) electrons. The fourth-order valence-electron chi connectivity index (χ4n) is 2.71. The van der Waals surface area contributed by atoms with Crippen LogP contribution in [0.4, 0.5) is 16.3 Å². The van der Waals surface area contributed by atoms with Gasteiger partial charge in [-0.1, -0.05) is 0 Å². The molecule has 1 fully saturated rings. The van der Waals surface area contributed by atoms with Crippen molar-refractivity contribution in [1.29, 1.82) is 0 Å². The molecule has 1 saturated heterocycles. The standard InChI is InChI=1S/C17H22N4O2/c1-2-20(13-15-6-5-11-23-15)17(22)19-14-7-8-16(18-12-14)21-9-3-4-10-21/h5-8,11-12H,2-4,9-10,13H2,1H3,(H,19,22). The van der Waals surface area contributed by atoms with Crippen LogP contribution in [0.25, 0.3) is 0 Å². The van der Waals surface area contributed by atoms with Crippen molar-refractivity contribution < 1.29 is 9.21 Å². The summed E-state index contributed by atoms with van der Waals surface area (Å²) >= 11 is 0. The lowest BCUT2D eigenvalue weighted by atomic mass is 10.3. The van der Waals surface area contributed by atoms with E-state index in [1.54, 1.807) is 17.4 Å². The average Bonchev–Trinajstić information content (AvgIpc) is 3.27. The number of carbonyl (C=O) groups is 1. The molecule has 6 nitrogen and oxygen atoms in total. The summed E-state index contributed by atoms with van der Waals surface area (Å²) in [6.07, 6.45) is 5.77. The van der Waals surface area contributed by atoms with Crippen LogP contribution in [-0.2, 0) is 6.54 Å². The van der Waals surface area contributed by atoms with Gasteiger partial charge in [-0.15, -0.1) is 0 Å². The van der Waals surface area contributed by atoms with Gasteiger partial charge >= 0.3 is 6.03 Å². The molecule has 0 atom stereocenters. The summed E-state index contributed by atoms with van der Waals surface area (Å²) in [7, 11) is 0. The zero-order valence-electron chi connectivity index (χ0n) is 13.4. The van der Waals surface area contributed by atoms with E-state index in [9.17, 15) is 4.79 Å². The highest BCUT2D eigenvalue weighted by atomic mass is 16.3. The summed E-state index contributed by atoms with van der Waals surface area (Å²) in [5.41, 5.74) is 0.704. The van der Waals surface area contributed by atoms with Crippen LogP contribution in [0.3, 0.4) is 0 Å². The van der Waals surface area contributed by atoms with E-state index in [0.717, 1.165) is 24.7 Å². The zero-order valence-corrected chi connectivity index (χ0v) is 13.4. The van der Waals surface area contributed by atoms with Crippen LogP contribution >= 0.6 is 0 Å². The monoisotopic (exact) mass is 314 g/mol. The molecule has 6 heteroatoms. The Balaban J connectivity index is 1.59. The van der Waals surface area contributed by atoms with Crippen molar-refractivity contribution in [2.75, 3.05) is 29.9 Å². The van der Waals surface area contributed by atoms with Crippen molar-refractivity contribution >= 4 is 17.5 Å². The first-order valence-electron chi connectivity index (χ1n) is 8.05. The summed E-state index contributed by atoms with van der Waals surface area (Å²) in [6.45, 7) is 5.12. The number of anilines is 2. The van der Waals surface area contributed by atoms with Crippen LogP contribution < -0.4 is 10.2 Å². The third-order valence-electron chi connectivity index (χ3n) is 4.02. The van der Waals surface area contributed by atoms with Crippen LogP contribution in [0, 0.1) is 0 Å². The van der Waals surface area contributed by atoms with Crippen molar-refractivity contribution in [3.05, 3.63) is 42.5 Å². The Bertz CT molecular complexity index is 619. The number of aromatic nitrogens is 1. The summed E-state index contributed by atoms with van der Waals surface area (Å²) in [5.74, 6) is 1.74. The Morgan fingerprint density at radius 2 is 2.17 bits per heavy atom. The van der Waals surface area contributed by atoms with Gasteiger partial charge in [0, 0.05) is 19.6 Å². The van der Waals surface area contributed by atoms with E-state index in [0.29, 0.717) is 18.8 Å². The van der Waals surface area contributed by atoms with Crippen LogP contribution in [0.15, 0.2) is 41.1 Å². The molecule has 2 aromatic rings. The van der Waals surface area contributed by atoms with Gasteiger partial charge in [-0.25, -0.2) is 9.78 Å². The van der Waals surface area contributed by atoms with E-state index in [1.807, 2.05) is 31.2 Å². The number of furan rings is 1. The molecule has 3 rings (SSSR count). The molecule has 1 aliphatic heterocycles. The van der Waals surface area contributed by atoms with Gasteiger partial charge in [0.15, 0.2) is 0 Å². The number of nitrogens with zero attached hydrogens (tertiary/aromatic N) is 3. The van der Waals surface area contributed by atoms with Gasteiger partial charge in [-0.3, -0.25) is 0 Å². The quantitative estimate of drug-likeness (QED) is 0.919. The number of hydrogen-bond acceptors (Lipinski definition) is 4. The Kier molecular flexibility index (Phi) is 4.80. The lowest BCUT2D eigenvalue weighted by molar-refractivity contribution is 0.207. The van der Waals surface area contributed by atoms with E-state index in [4.69, 9.17) is 4.42 Å². The fourth-order valence-corrected chi connectivity index (χ4v) is 2.71. The minimum atomic E-state index is -0.153. The molecular formula is C17H22N4O2. The lowest BCUT2D eigenvalue weighted by Crippen LogP contribution is -2.34. The highest BCUT2D eigenvalue weighted by Gasteiger charge is 2.15. The smallest absolute Gasteiger partial charge is 0.322 e. The number of amides is 2. The van der Waals surface area contributed by atoms with E-state index in [2.05, 4.69) is 15.2 Å². The van der Waals surface area contributed by atoms with Gasteiger partial charge < -0.3 is 19.5 Å². The van der Waals surface area contributed by atoms with E-state index in [-0.39, 0.29) is 6.03 Å². The number of rotatable bonds is 5. The maximum absolute atomic E-state index is 12.3. The topological polar surface area (TPSA) is 61.6 Å². The second-order valence-corrected chi connectivity index (χ2v) is 5.62. The second-order valence-electron chi connectivity index (χ2n) is 5.62. The van der Waals surface area contributed by atoms with Gasteiger partial charge in [-0.2, -0.15) is 0 Å². The second kappa shape index (κ2) is 7.17. The highest BCUT2D eigenvalue weighted by molar-refractivity contribution is 5.89. The maximum Gasteiger partial charge on any atom is 0.322 e. The van der Waals surface area contributed by atoms with Crippen LogP contribution in [0.2, 0.25) is 0 Å². The Hall–Kier alpha value is -2.50. The molecule has 23 heavy (non-hydrogen) atoms. The van der Waals surface area contributed by atoms with Gasteiger partial charge in [0.25, 0.3) is 0 Å². The first-order chi connectivity index (χ1) is 11.3. The van der Waals surface area contributed by atoms with Gasteiger partial charge in [-0.05, 0) is 44.0 Å². The largest absolute Gasteiger partial charge is 0.467 e. The van der Waals surface area contributed by atoms with Crippen LogP contribution in [-0.4, -0.2) is 35.5 Å². The Morgan fingerprint density at radius 1 is 1.35 bits per heavy atom. The predicted octanol–water partition coefficient (Wildman–Crippen LogP) is 3.33. The zero-order chi connectivity index (χ0) is 16.1. The van der Waals surface area contributed by atoms with Crippen molar-refractivity contribution in [1.82, 2.24) is 9.88 Å². The third-order valence-corrected chi connectivity index (χ3v) is 4.02. The first kappa shape index (κ1) is 15.4. The van der Waals surface area contributed by atoms with Crippen molar-refractivity contribution in [3.63, 3.8) is 0 Å². The maximum atomic E-state index is 12.3. The summed E-state index contributed by atoms with van der Waals surface area (Å²) in [6, 6.07) is 7.40. The number of nitrogens with one attached hydrogen (secondary N) is 1. The highest BCUT2D eigenvalue weighted by Crippen LogP contribution is 2.19. The summed E-state index contributed by atoms with van der Waals surface area (Å²) in [4.78, 5) is 20.7. The minimum absolute atomic E-state index is 0.153. The van der Waals surface area contributed by atoms with Crippen LogP contribution in [0.1, 0.15) is 25.5 Å². The molecule has 0 saturated carbocycles.